The Bertz CT molecular complexity index is 580. The monoisotopic (exact) mass is 280 g/mol. The highest BCUT2D eigenvalue weighted by Crippen LogP contribution is 2.25. The van der Waals surface area contributed by atoms with Crippen LogP contribution in [-0.2, 0) is 21.4 Å². The Labute approximate surface area is 115 Å². The Morgan fingerprint density at radius 2 is 2.00 bits per heavy atom. The number of imidazole rings is 1. The number of esters is 1. The van der Waals surface area contributed by atoms with Crippen molar-refractivity contribution in [2.24, 2.45) is 7.05 Å². The van der Waals surface area contributed by atoms with Gasteiger partial charge in [0.2, 0.25) is 0 Å². The summed E-state index contributed by atoms with van der Waals surface area (Å²) in [5, 5.41) is 0. The lowest BCUT2D eigenvalue weighted by Gasteiger charge is -2.25. The molecule has 2 rings (SSSR count). The molecule has 0 bridgehead atoms. The average molecular weight is 280 g/mol. The molecule has 20 heavy (non-hydrogen) atoms. The lowest BCUT2D eigenvalue weighted by atomic mass is 10.1. The van der Waals surface area contributed by atoms with Gasteiger partial charge in [0.15, 0.2) is 11.5 Å². The van der Waals surface area contributed by atoms with E-state index in [9.17, 15) is 14.4 Å². The van der Waals surface area contributed by atoms with Crippen molar-refractivity contribution in [2.75, 3.05) is 26.1 Å². The predicted octanol–water partition coefficient (Wildman–Crippen LogP) is -0.600. The van der Waals surface area contributed by atoms with Crippen LogP contribution in [-0.4, -0.2) is 59.5 Å². The molecule has 1 aromatic heterocycles. The molecule has 8 heteroatoms. The van der Waals surface area contributed by atoms with Crippen LogP contribution in [0.15, 0.2) is 6.33 Å². The van der Waals surface area contributed by atoms with E-state index in [0.717, 1.165) is 0 Å². The Morgan fingerprint density at radius 3 is 2.60 bits per heavy atom. The molecule has 0 aromatic carbocycles. The van der Waals surface area contributed by atoms with Crippen LogP contribution in [0.1, 0.15) is 16.9 Å². The minimum absolute atomic E-state index is 0.185. The summed E-state index contributed by atoms with van der Waals surface area (Å²) >= 11 is 0. The van der Waals surface area contributed by atoms with Gasteiger partial charge in [-0.3, -0.25) is 19.3 Å². The molecule has 1 aliphatic rings. The number of nitrogens with zero attached hydrogens (tertiary/aromatic N) is 4. The Kier molecular flexibility index (Phi) is 3.47. The number of fused-ring (bicyclic) bond motifs is 1. The van der Waals surface area contributed by atoms with Crippen molar-refractivity contribution in [1.29, 1.82) is 0 Å². The summed E-state index contributed by atoms with van der Waals surface area (Å²) in [5.74, 6) is -0.979. The summed E-state index contributed by atoms with van der Waals surface area (Å²) in [5.41, 5.74) is 0.315. The van der Waals surface area contributed by atoms with Crippen molar-refractivity contribution in [1.82, 2.24) is 14.5 Å². The molecule has 1 aliphatic heterocycles. The molecule has 1 aromatic rings. The van der Waals surface area contributed by atoms with E-state index >= 15 is 0 Å². The summed E-state index contributed by atoms with van der Waals surface area (Å²) < 4.78 is 6.13. The van der Waals surface area contributed by atoms with Gasteiger partial charge in [-0.15, -0.1) is 0 Å². The second-order valence-corrected chi connectivity index (χ2v) is 4.64. The first-order valence-corrected chi connectivity index (χ1v) is 6.01. The van der Waals surface area contributed by atoms with Crippen molar-refractivity contribution in [3.63, 3.8) is 0 Å². The number of carbonyl (C=O) groups is 3. The van der Waals surface area contributed by atoms with Crippen LogP contribution in [0, 0.1) is 0 Å². The fourth-order valence-electron chi connectivity index (χ4n) is 2.18. The lowest BCUT2D eigenvalue weighted by molar-refractivity contribution is -0.143. The summed E-state index contributed by atoms with van der Waals surface area (Å²) in [6.07, 6.45) is 1.29. The maximum atomic E-state index is 12.4. The molecule has 8 nitrogen and oxygen atoms in total. The van der Waals surface area contributed by atoms with Gasteiger partial charge < -0.3 is 14.2 Å². The summed E-state index contributed by atoms with van der Waals surface area (Å²) in [7, 11) is 5.94. The fraction of sp³-hybridized carbons (Fsp3) is 0.500. The van der Waals surface area contributed by atoms with Crippen molar-refractivity contribution in [3.05, 3.63) is 12.0 Å². The molecular formula is C12H16N4O4. The number of methoxy groups -OCH3 is 1. The highest BCUT2D eigenvalue weighted by molar-refractivity contribution is 6.09. The third-order valence-corrected chi connectivity index (χ3v) is 3.43. The lowest BCUT2D eigenvalue weighted by Crippen LogP contribution is -2.47. The van der Waals surface area contributed by atoms with E-state index in [-0.39, 0.29) is 18.2 Å². The zero-order valence-electron chi connectivity index (χ0n) is 11.8. The van der Waals surface area contributed by atoms with E-state index in [1.54, 1.807) is 11.6 Å². The van der Waals surface area contributed by atoms with Crippen LogP contribution in [0.2, 0.25) is 0 Å². The average Bonchev–Trinajstić information content (AvgIpc) is 2.80. The number of aryl methyl sites for hydroxylation is 1. The number of likely N-dealkylation sites (N-methyl/N-ethyl adjacent to an activating group) is 2. The first-order valence-electron chi connectivity index (χ1n) is 6.01. The van der Waals surface area contributed by atoms with Gasteiger partial charge in [-0.25, -0.2) is 4.98 Å². The minimum Gasteiger partial charge on any atom is -0.469 e. The number of ether oxygens (including phenoxy) is 1. The molecule has 108 valence electrons. The number of rotatable bonds is 2. The highest BCUT2D eigenvalue weighted by Gasteiger charge is 2.39. The molecule has 1 unspecified atom stereocenters. The Balaban J connectivity index is 2.45. The topological polar surface area (TPSA) is 84.7 Å². The molecule has 2 amide bonds. The molecule has 0 aliphatic carbocycles. The smallest absolute Gasteiger partial charge is 0.308 e. The number of anilines is 1. The molecule has 0 saturated carbocycles. The largest absolute Gasteiger partial charge is 0.469 e. The van der Waals surface area contributed by atoms with Gasteiger partial charge in [-0.05, 0) is 0 Å². The standard InChI is InChI=1S/C12H16N4O4/c1-14-6-13-10-9(14)12(19)15(2)7(5-8(17)20-4)11(18)16(10)3/h6-7H,5H2,1-4H3. The molecule has 0 spiro atoms. The van der Waals surface area contributed by atoms with Gasteiger partial charge >= 0.3 is 5.97 Å². The minimum atomic E-state index is -0.894. The number of hydrogen-bond acceptors (Lipinski definition) is 5. The van der Waals surface area contributed by atoms with Gasteiger partial charge in [-0.2, -0.15) is 0 Å². The van der Waals surface area contributed by atoms with E-state index in [1.165, 1.54) is 37.3 Å². The maximum absolute atomic E-state index is 12.4. The molecular weight excluding hydrogens is 264 g/mol. The fourth-order valence-corrected chi connectivity index (χ4v) is 2.18. The highest BCUT2D eigenvalue weighted by atomic mass is 16.5. The van der Waals surface area contributed by atoms with Gasteiger partial charge in [0.25, 0.3) is 11.8 Å². The number of aromatic nitrogens is 2. The maximum Gasteiger partial charge on any atom is 0.308 e. The van der Waals surface area contributed by atoms with Gasteiger partial charge in [0.1, 0.15) is 6.04 Å². The van der Waals surface area contributed by atoms with Crippen LogP contribution in [0.4, 0.5) is 5.82 Å². The summed E-state index contributed by atoms with van der Waals surface area (Å²) in [6, 6.07) is -0.894. The molecule has 0 N–H and O–H groups in total. The van der Waals surface area contributed by atoms with Crippen LogP contribution < -0.4 is 4.90 Å². The second kappa shape index (κ2) is 4.95. The zero-order valence-corrected chi connectivity index (χ0v) is 11.8. The number of carbonyl (C=O) groups excluding carboxylic acids is 3. The van der Waals surface area contributed by atoms with Crippen molar-refractivity contribution in [2.45, 2.75) is 12.5 Å². The Morgan fingerprint density at radius 1 is 1.35 bits per heavy atom. The molecule has 0 radical (unpaired) electrons. The second-order valence-electron chi connectivity index (χ2n) is 4.64. The van der Waals surface area contributed by atoms with Gasteiger partial charge in [0.05, 0.1) is 19.9 Å². The SMILES string of the molecule is COC(=O)CC1C(=O)N(C)c2ncn(C)c2C(=O)N1C. The van der Waals surface area contributed by atoms with Crippen molar-refractivity contribution in [3.8, 4) is 0 Å². The predicted molar refractivity (Wildman–Crippen MR) is 69.1 cm³/mol. The zero-order chi connectivity index (χ0) is 15.0. The van der Waals surface area contributed by atoms with E-state index in [0.29, 0.717) is 11.5 Å². The number of amides is 2. The van der Waals surface area contributed by atoms with Crippen LogP contribution >= 0.6 is 0 Å². The van der Waals surface area contributed by atoms with E-state index in [4.69, 9.17) is 0 Å². The Hall–Kier alpha value is -2.38. The molecule has 2 heterocycles. The normalized spacial score (nSPS) is 18.9. The summed E-state index contributed by atoms with van der Waals surface area (Å²) in [6.45, 7) is 0. The first kappa shape index (κ1) is 14.0. The van der Waals surface area contributed by atoms with E-state index in [1.807, 2.05) is 0 Å². The van der Waals surface area contributed by atoms with Gasteiger partial charge in [-0.1, -0.05) is 0 Å². The van der Waals surface area contributed by atoms with Crippen molar-refractivity contribution >= 4 is 23.6 Å². The van der Waals surface area contributed by atoms with Crippen LogP contribution in [0.3, 0.4) is 0 Å². The third-order valence-electron chi connectivity index (χ3n) is 3.43. The first-order chi connectivity index (χ1) is 9.38. The van der Waals surface area contributed by atoms with Gasteiger partial charge in [0, 0.05) is 21.1 Å². The molecule has 1 atom stereocenters. The molecule has 0 fully saturated rings. The molecule has 0 saturated heterocycles. The summed E-state index contributed by atoms with van der Waals surface area (Å²) in [4.78, 5) is 42.9. The van der Waals surface area contributed by atoms with E-state index in [2.05, 4.69) is 9.72 Å². The quantitative estimate of drug-likeness (QED) is 0.675. The third kappa shape index (κ3) is 2.02. The van der Waals surface area contributed by atoms with Crippen molar-refractivity contribution < 1.29 is 19.1 Å². The van der Waals surface area contributed by atoms with Crippen LogP contribution in [0.25, 0.3) is 0 Å². The number of hydrogen-bond donors (Lipinski definition) is 0. The van der Waals surface area contributed by atoms with E-state index < -0.39 is 12.0 Å². The van der Waals surface area contributed by atoms with Crippen LogP contribution in [0.5, 0.6) is 0 Å².